The number of hydrogen-bond acceptors (Lipinski definition) is 5. The molecule has 1 saturated heterocycles. The van der Waals surface area contributed by atoms with Crippen molar-refractivity contribution in [3.63, 3.8) is 0 Å². The Morgan fingerprint density at radius 1 is 1.00 bits per heavy atom. The third kappa shape index (κ3) is 4.80. The summed E-state index contributed by atoms with van der Waals surface area (Å²) in [5, 5.41) is 6.03. The molecule has 2 aromatic heterocycles. The van der Waals surface area contributed by atoms with E-state index in [1.807, 2.05) is 6.92 Å². The monoisotopic (exact) mass is 456 g/mol. The molecule has 0 radical (unpaired) electrons. The Bertz CT molecular complexity index is 1120. The Balaban J connectivity index is 1.33. The number of carbonyl (C=O) groups excluding carboxylic acids is 3. The van der Waals surface area contributed by atoms with Crippen LogP contribution in [0.15, 0.2) is 53.1 Å². The van der Waals surface area contributed by atoms with Gasteiger partial charge in [-0.1, -0.05) is 0 Å². The Morgan fingerprint density at radius 3 is 2.34 bits per heavy atom. The highest BCUT2D eigenvalue weighted by Gasteiger charge is 2.27. The van der Waals surface area contributed by atoms with Crippen LogP contribution in [0, 0.1) is 12.7 Å². The van der Waals surface area contributed by atoms with Gasteiger partial charge in [0.05, 0.1) is 16.1 Å². The van der Waals surface area contributed by atoms with Gasteiger partial charge in [0.25, 0.3) is 11.8 Å². The van der Waals surface area contributed by atoms with Crippen LogP contribution in [0.25, 0.3) is 0 Å². The molecule has 0 aliphatic carbocycles. The van der Waals surface area contributed by atoms with Gasteiger partial charge in [-0.25, -0.2) is 9.18 Å². The van der Waals surface area contributed by atoms with Crippen molar-refractivity contribution in [2.24, 2.45) is 0 Å². The summed E-state index contributed by atoms with van der Waals surface area (Å²) < 4.78 is 18.1. The van der Waals surface area contributed by atoms with Crippen LogP contribution < -0.4 is 10.6 Å². The second-order valence-electron chi connectivity index (χ2n) is 7.27. The van der Waals surface area contributed by atoms with Crippen LogP contribution in [0.1, 0.15) is 25.8 Å². The molecule has 4 rings (SSSR count). The number of hydrogen-bond donors (Lipinski definition) is 2. The van der Waals surface area contributed by atoms with Crippen LogP contribution in [0.2, 0.25) is 0 Å². The zero-order valence-corrected chi connectivity index (χ0v) is 18.1. The van der Waals surface area contributed by atoms with Crippen molar-refractivity contribution in [1.82, 2.24) is 9.80 Å². The van der Waals surface area contributed by atoms with E-state index in [1.165, 1.54) is 41.9 Å². The van der Waals surface area contributed by atoms with E-state index in [1.54, 1.807) is 28.0 Å². The van der Waals surface area contributed by atoms with Gasteiger partial charge in [0.1, 0.15) is 5.82 Å². The van der Waals surface area contributed by atoms with Gasteiger partial charge in [-0.3, -0.25) is 9.59 Å². The predicted octanol–water partition coefficient (Wildman–Crippen LogP) is 4.03. The first-order chi connectivity index (χ1) is 15.4. The fourth-order valence-corrected chi connectivity index (χ4v) is 4.36. The molecule has 0 unspecified atom stereocenters. The molecule has 1 fully saturated rings. The van der Waals surface area contributed by atoms with Gasteiger partial charge >= 0.3 is 6.03 Å². The number of benzene rings is 1. The number of rotatable bonds is 4. The third-order valence-corrected chi connectivity index (χ3v) is 6.18. The molecule has 0 spiro atoms. The molecule has 32 heavy (non-hydrogen) atoms. The summed E-state index contributed by atoms with van der Waals surface area (Å²) in [5.74, 6) is -0.692. The van der Waals surface area contributed by atoms with E-state index < -0.39 is 0 Å². The van der Waals surface area contributed by atoms with Gasteiger partial charge in [0.15, 0.2) is 5.76 Å². The molecule has 10 heteroatoms. The molecule has 2 N–H and O–H groups in total. The number of anilines is 2. The first kappa shape index (κ1) is 21.6. The lowest BCUT2D eigenvalue weighted by Gasteiger charge is -2.34. The lowest BCUT2D eigenvalue weighted by atomic mass is 10.2. The molecule has 1 aromatic carbocycles. The van der Waals surface area contributed by atoms with Crippen LogP contribution >= 0.6 is 11.3 Å². The summed E-state index contributed by atoms with van der Waals surface area (Å²) >= 11 is 1.21. The second kappa shape index (κ2) is 9.23. The van der Waals surface area contributed by atoms with E-state index in [-0.39, 0.29) is 29.4 Å². The SMILES string of the molecule is Cc1cc(NC(=O)c2ccco2)sc1C(=O)N1CCN(C(=O)Nc2ccc(F)cc2)CC1. The molecular weight excluding hydrogens is 435 g/mol. The van der Waals surface area contributed by atoms with Crippen molar-refractivity contribution in [2.75, 3.05) is 36.8 Å². The van der Waals surface area contributed by atoms with Gasteiger partial charge < -0.3 is 24.9 Å². The van der Waals surface area contributed by atoms with Gasteiger partial charge in [-0.05, 0) is 55.0 Å². The maximum atomic E-state index is 13.0. The zero-order valence-electron chi connectivity index (χ0n) is 17.3. The van der Waals surface area contributed by atoms with Crippen molar-refractivity contribution in [1.29, 1.82) is 0 Å². The van der Waals surface area contributed by atoms with E-state index in [9.17, 15) is 18.8 Å². The smallest absolute Gasteiger partial charge is 0.321 e. The van der Waals surface area contributed by atoms with E-state index in [0.29, 0.717) is 41.7 Å². The van der Waals surface area contributed by atoms with Crippen molar-refractivity contribution < 1.29 is 23.2 Å². The maximum Gasteiger partial charge on any atom is 0.321 e. The lowest BCUT2D eigenvalue weighted by molar-refractivity contribution is 0.0675. The number of carbonyl (C=O) groups is 3. The fourth-order valence-electron chi connectivity index (χ4n) is 3.33. The number of aryl methyl sites for hydroxylation is 1. The Labute approximate surface area is 187 Å². The summed E-state index contributed by atoms with van der Waals surface area (Å²) in [6.07, 6.45) is 1.42. The Kier molecular flexibility index (Phi) is 6.22. The number of nitrogens with one attached hydrogen (secondary N) is 2. The molecule has 0 saturated carbocycles. The molecule has 0 atom stereocenters. The number of furan rings is 1. The van der Waals surface area contributed by atoms with E-state index in [4.69, 9.17) is 4.42 Å². The van der Waals surface area contributed by atoms with E-state index in [0.717, 1.165) is 5.56 Å². The minimum absolute atomic E-state index is 0.135. The van der Waals surface area contributed by atoms with Gasteiger partial charge in [-0.2, -0.15) is 0 Å². The lowest BCUT2D eigenvalue weighted by Crippen LogP contribution is -2.51. The Hall–Kier alpha value is -3.66. The molecule has 1 aliphatic heterocycles. The van der Waals surface area contributed by atoms with Crippen LogP contribution in [0.5, 0.6) is 0 Å². The fraction of sp³-hybridized carbons (Fsp3) is 0.227. The number of amides is 4. The number of thiophene rings is 1. The first-order valence-corrected chi connectivity index (χ1v) is 10.8. The molecule has 4 amide bonds. The zero-order chi connectivity index (χ0) is 22.7. The highest BCUT2D eigenvalue weighted by Crippen LogP contribution is 2.28. The van der Waals surface area contributed by atoms with Crippen molar-refractivity contribution in [3.8, 4) is 0 Å². The normalized spacial score (nSPS) is 13.7. The minimum atomic E-state index is -0.379. The predicted molar refractivity (Wildman–Crippen MR) is 119 cm³/mol. The molecular formula is C22H21FN4O4S. The van der Waals surface area contributed by atoms with E-state index in [2.05, 4.69) is 10.6 Å². The molecule has 0 bridgehead atoms. The molecule has 8 nitrogen and oxygen atoms in total. The second-order valence-corrected chi connectivity index (χ2v) is 8.32. The highest BCUT2D eigenvalue weighted by atomic mass is 32.1. The number of nitrogens with zero attached hydrogens (tertiary/aromatic N) is 2. The number of urea groups is 1. The summed E-state index contributed by atoms with van der Waals surface area (Å²) in [4.78, 5) is 41.4. The topological polar surface area (TPSA) is 94.9 Å². The molecule has 3 aromatic rings. The van der Waals surface area contributed by atoms with Crippen molar-refractivity contribution in [2.45, 2.75) is 6.92 Å². The average Bonchev–Trinajstić information content (AvgIpc) is 3.45. The van der Waals surface area contributed by atoms with Gasteiger partial charge in [-0.15, -0.1) is 11.3 Å². The highest BCUT2D eigenvalue weighted by molar-refractivity contribution is 7.18. The Morgan fingerprint density at radius 2 is 1.69 bits per heavy atom. The maximum absolute atomic E-state index is 13.0. The standard InChI is InChI=1S/C22H21FN4O4S/c1-14-13-18(25-20(28)17-3-2-12-31-17)32-19(14)21(29)26-8-10-27(11-9-26)22(30)24-16-6-4-15(23)5-7-16/h2-7,12-13H,8-11H2,1H3,(H,24,30)(H,25,28). The van der Waals surface area contributed by atoms with Gasteiger partial charge in [0.2, 0.25) is 0 Å². The van der Waals surface area contributed by atoms with Crippen molar-refractivity contribution >= 4 is 39.9 Å². The first-order valence-electron chi connectivity index (χ1n) is 9.97. The number of piperazine rings is 1. The summed E-state index contributed by atoms with van der Waals surface area (Å²) in [5.41, 5.74) is 1.28. The van der Waals surface area contributed by atoms with E-state index >= 15 is 0 Å². The quantitative estimate of drug-likeness (QED) is 0.620. The minimum Gasteiger partial charge on any atom is -0.459 e. The van der Waals surface area contributed by atoms with Crippen molar-refractivity contribution in [3.05, 3.63) is 70.7 Å². The van der Waals surface area contributed by atoms with Crippen LogP contribution in [-0.4, -0.2) is 53.8 Å². The third-order valence-electron chi connectivity index (χ3n) is 5.04. The van der Waals surface area contributed by atoms with Crippen LogP contribution in [0.3, 0.4) is 0 Å². The molecule has 3 heterocycles. The summed E-state index contributed by atoms with van der Waals surface area (Å²) in [7, 11) is 0. The number of halogens is 1. The largest absolute Gasteiger partial charge is 0.459 e. The van der Waals surface area contributed by atoms with Gasteiger partial charge in [0, 0.05) is 31.9 Å². The summed E-state index contributed by atoms with van der Waals surface area (Å²) in [6.45, 7) is 3.36. The van der Waals surface area contributed by atoms with Crippen LogP contribution in [0.4, 0.5) is 19.9 Å². The van der Waals surface area contributed by atoms with Crippen LogP contribution in [-0.2, 0) is 0 Å². The average molecular weight is 456 g/mol. The summed E-state index contributed by atoms with van der Waals surface area (Å²) in [6, 6.07) is 10.2. The molecule has 166 valence electrons. The molecule has 1 aliphatic rings.